The van der Waals surface area contributed by atoms with Crippen molar-refractivity contribution in [2.45, 2.75) is 19.4 Å². The number of rotatable bonds is 3. The van der Waals surface area contributed by atoms with Crippen molar-refractivity contribution in [1.29, 1.82) is 0 Å². The second kappa shape index (κ2) is 3.28. The third-order valence-electron chi connectivity index (χ3n) is 1.17. The van der Waals surface area contributed by atoms with E-state index in [0.29, 0.717) is 6.42 Å². The van der Waals surface area contributed by atoms with Crippen LogP contribution in [0.5, 0.6) is 0 Å². The van der Waals surface area contributed by atoms with Crippen LogP contribution < -0.4 is 5.73 Å². The summed E-state index contributed by atoms with van der Waals surface area (Å²) in [6.07, 6.45) is 0.400. The van der Waals surface area contributed by atoms with Gasteiger partial charge in [0.1, 0.15) is 0 Å². The minimum Gasteiger partial charge on any atom is -0.339 e. The molecule has 3 N–H and O–H groups in total. The van der Waals surface area contributed by atoms with E-state index in [1.165, 1.54) is 0 Å². The summed E-state index contributed by atoms with van der Waals surface area (Å²) < 4.78 is 10.6. The van der Waals surface area contributed by atoms with Gasteiger partial charge in [-0.1, -0.05) is 6.92 Å². The summed E-state index contributed by atoms with van der Waals surface area (Å²) in [6, 6.07) is -0.791. The van der Waals surface area contributed by atoms with Gasteiger partial charge in [0.15, 0.2) is 0 Å². The van der Waals surface area contributed by atoms with Crippen molar-refractivity contribution in [2.24, 2.45) is 5.73 Å². The molecule has 0 heterocycles. The highest BCUT2D eigenvalue weighted by molar-refractivity contribution is 7.74. The number of hydrogen-bond donors (Lipinski definition) is 2. The molecule has 60 valence electrons. The van der Waals surface area contributed by atoms with Gasteiger partial charge >= 0.3 is 0 Å². The molecule has 0 amide bonds. The van der Waals surface area contributed by atoms with Gasteiger partial charge in [0.25, 0.3) is 7.37 Å². The van der Waals surface area contributed by atoms with E-state index < -0.39 is 18.9 Å². The second-order valence-electron chi connectivity index (χ2n) is 2.23. The van der Waals surface area contributed by atoms with Crippen LogP contribution in [0.3, 0.4) is 0 Å². The van der Waals surface area contributed by atoms with Crippen molar-refractivity contribution in [3.8, 4) is 0 Å². The van der Waals surface area contributed by atoms with Crippen molar-refractivity contribution in [3.05, 3.63) is 0 Å². The maximum absolute atomic E-state index is 10.8. The third-order valence-corrected chi connectivity index (χ3v) is 2.32. The SMILES string of the molecule is CCC(N)C(=O)P(C)(=O)O. The standard InChI is InChI=1S/C5H12NO3P/c1-3-4(6)5(7)10(2,8)9/h4H,3,6H2,1-2H3,(H,8,9). The van der Waals surface area contributed by atoms with Gasteiger partial charge < -0.3 is 10.6 Å². The van der Waals surface area contributed by atoms with Gasteiger partial charge in [-0.05, 0) is 6.42 Å². The molecule has 0 spiro atoms. The molecule has 0 aromatic heterocycles. The van der Waals surface area contributed by atoms with Crippen molar-refractivity contribution >= 4 is 12.9 Å². The van der Waals surface area contributed by atoms with Crippen molar-refractivity contribution in [1.82, 2.24) is 0 Å². The largest absolute Gasteiger partial charge is 0.339 e. The summed E-state index contributed by atoms with van der Waals surface area (Å²) in [7, 11) is -3.59. The lowest BCUT2D eigenvalue weighted by Gasteiger charge is -2.08. The molecular formula is C5H12NO3P. The first-order valence-electron chi connectivity index (χ1n) is 2.99. The Hall–Kier alpha value is -0.180. The molecular weight excluding hydrogens is 153 g/mol. The second-order valence-corrected chi connectivity index (χ2v) is 4.43. The van der Waals surface area contributed by atoms with Crippen molar-refractivity contribution in [2.75, 3.05) is 6.66 Å². The Bertz CT molecular complexity index is 174. The van der Waals surface area contributed by atoms with Crippen LogP contribution in [0.15, 0.2) is 0 Å². The number of nitrogens with two attached hydrogens (primary N) is 1. The maximum Gasteiger partial charge on any atom is 0.262 e. The van der Waals surface area contributed by atoms with Gasteiger partial charge in [0.2, 0.25) is 5.52 Å². The molecule has 0 rings (SSSR count). The molecule has 10 heavy (non-hydrogen) atoms. The van der Waals surface area contributed by atoms with Crippen molar-refractivity contribution < 1.29 is 14.3 Å². The van der Waals surface area contributed by atoms with Crippen LogP contribution in [-0.2, 0) is 9.36 Å². The first-order valence-corrected chi connectivity index (χ1v) is 5.10. The van der Waals surface area contributed by atoms with E-state index >= 15 is 0 Å². The zero-order chi connectivity index (χ0) is 8.36. The molecule has 0 aliphatic rings. The molecule has 0 fully saturated rings. The molecule has 2 atom stereocenters. The fraction of sp³-hybridized carbons (Fsp3) is 0.800. The predicted molar refractivity (Wildman–Crippen MR) is 39.0 cm³/mol. The summed E-state index contributed by atoms with van der Waals surface area (Å²) in [5, 5.41) is 0. The van der Waals surface area contributed by atoms with E-state index in [1.807, 2.05) is 0 Å². The van der Waals surface area contributed by atoms with Crippen molar-refractivity contribution in [3.63, 3.8) is 0 Å². The average Bonchev–Trinajstić information content (AvgIpc) is 1.83. The molecule has 5 heteroatoms. The van der Waals surface area contributed by atoms with E-state index in [9.17, 15) is 9.36 Å². The van der Waals surface area contributed by atoms with E-state index in [-0.39, 0.29) is 0 Å². The fourth-order valence-corrected chi connectivity index (χ4v) is 1.28. The molecule has 2 unspecified atom stereocenters. The Balaban J connectivity index is 4.24. The number of hydrogen-bond acceptors (Lipinski definition) is 3. The Morgan fingerprint density at radius 3 is 2.30 bits per heavy atom. The predicted octanol–water partition coefficient (Wildman–Crippen LogP) is 0.151. The van der Waals surface area contributed by atoms with E-state index in [4.69, 9.17) is 10.6 Å². The molecule has 4 nitrogen and oxygen atoms in total. The molecule has 0 bridgehead atoms. The minimum atomic E-state index is -3.59. The summed E-state index contributed by atoms with van der Waals surface area (Å²) >= 11 is 0. The average molecular weight is 165 g/mol. The van der Waals surface area contributed by atoms with Crippen LogP contribution >= 0.6 is 7.37 Å². The fourth-order valence-electron chi connectivity index (χ4n) is 0.482. The lowest BCUT2D eigenvalue weighted by Crippen LogP contribution is -2.28. The Morgan fingerprint density at radius 2 is 2.20 bits per heavy atom. The van der Waals surface area contributed by atoms with Gasteiger partial charge in [-0.25, -0.2) is 0 Å². The number of carbonyl (C=O) groups excluding carboxylic acids is 1. The number of carbonyl (C=O) groups is 1. The molecule has 0 aliphatic carbocycles. The molecule has 0 aromatic rings. The molecule has 0 aliphatic heterocycles. The van der Waals surface area contributed by atoms with Crippen LogP contribution in [0.1, 0.15) is 13.3 Å². The lowest BCUT2D eigenvalue weighted by molar-refractivity contribution is -0.113. The van der Waals surface area contributed by atoms with Gasteiger partial charge in [0.05, 0.1) is 6.04 Å². The molecule has 0 aromatic carbocycles. The topological polar surface area (TPSA) is 80.4 Å². The lowest BCUT2D eigenvalue weighted by atomic mass is 10.3. The first-order chi connectivity index (χ1) is 4.39. The van der Waals surface area contributed by atoms with E-state index in [0.717, 1.165) is 6.66 Å². The van der Waals surface area contributed by atoms with Crippen LogP contribution in [0, 0.1) is 0 Å². The smallest absolute Gasteiger partial charge is 0.262 e. The van der Waals surface area contributed by atoms with E-state index in [1.54, 1.807) is 6.92 Å². The normalized spacial score (nSPS) is 19.6. The maximum atomic E-state index is 10.8. The summed E-state index contributed by atoms with van der Waals surface area (Å²) in [5.74, 6) is 0. The Labute approximate surface area is 59.9 Å². The van der Waals surface area contributed by atoms with Crippen LogP contribution in [-0.4, -0.2) is 23.1 Å². The van der Waals surface area contributed by atoms with Gasteiger partial charge in [0, 0.05) is 6.66 Å². The Morgan fingerprint density at radius 1 is 1.80 bits per heavy atom. The third kappa shape index (κ3) is 2.60. The van der Waals surface area contributed by atoms with Gasteiger partial charge in [-0.3, -0.25) is 9.36 Å². The zero-order valence-electron chi connectivity index (χ0n) is 6.07. The molecule has 0 saturated carbocycles. The monoisotopic (exact) mass is 165 g/mol. The van der Waals surface area contributed by atoms with Gasteiger partial charge in [-0.2, -0.15) is 0 Å². The highest BCUT2D eigenvalue weighted by Gasteiger charge is 2.26. The highest BCUT2D eigenvalue weighted by atomic mass is 31.2. The summed E-state index contributed by atoms with van der Waals surface area (Å²) in [6.45, 7) is 2.70. The van der Waals surface area contributed by atoms with Crippen LogP contribution in [0.4, 0.5) is 0 Å². The quantitative estimate of drug-likeness (QED) is 0.583. The van der Waals surface area contributed by atoms with Crippen LogP contribution in [0.2, 0.25) is 0 Å². The Kier molecular flexibility index (Phi) is 3.22. The summed E-state index contributed by atoms with van der Waals surface area (Å²) in [4.78, 5) is 19.5. The zero-order valence-corrected chi connectivity index (χ0v) is 6.97. The summed E-state index contributed by atoms with van der Waals surface area (Å²) in [5.41, 5.74) is 4.48. The highest BCUT2D eigenvalue weighted by Crippen LogP contribution is 2.37. The van der Waals surface area contributed by atoms with Gasteiger partial charge in [-0.15, -0.1) is 0 Å². The van der Waals surface area contributed by atoms with Crippen LogP contribution in [0.25, 0.3) is 0 Å². The molecule has 0 radical (unpaired) electrons. The van der Waals surface area contributed by atoms with E-state index in [2.05, 4.69) is 0 Å². The minimum absolute atomic E-state index is 0.400. The molecule has 0 saturated heterocycles. The first kappa shape index (κ1) is 9.82.